The molecule has 1 aromatic heterocycles. The fourth-order valence-electron chi connectivity index (χ4n) is 3.83. The second kappa shape index (κ2) is 10.1. The summed E-state index contributed by atoms with van der Waals surface area (Å²) in [5.74, 6) is -0.0980. The Labute approximate surface area is 189 Å². The molecule has 0 atom stereocenters. The van der Waals surface area contributed by atoms with Crippen LogP contribution < -0.4 is 5.32 Å². The first-order valence-corrected chi connectivity index (χ1v) is 12.4. The lowest BCUT2D eigenvalue weighted by molar-refractivity contribution is -0.120. The first kappa shape index (κ1) is 22.2. The molecular weight excluding hydrogens is 424 g/mol. The molecule has 4 rings (SSSR count). The van der Waals surface area contributed by atoms with Gasteiger partial charge < -0.3 is 5.32 Å². The Morgan fingerprint density at radius 1 is 0.938 bits per heavy atom. The minimum atomic E-state index is -3.45. The van der Waals surface area contributed by atoms with Gasteiger partial charge in [0.05, 0.1) is 22.7 Å². The van der Waals surface area contributed by atoms with E-state index in [0.29, 0.717) is 26.1 Å². The lowest BCUT2D eigenvalue weighted by Crippen LogP contribution is -2.35. The second-order valence-electron chi connectivity index (χ2n) is 7.97. The highest BCUT2D eigenvalue weighted by atomic mass is 32.2. The highest BCUT2D eigenvalue weighted by molar-refractivity contribution is 7.89. The molecule has 1 N–H and O–H groups in total. The smallest absolute Gasteiger partial charge is 0.243 e. The molecule has 2 aromatic carbocycles. The number of hydrogen-bond acceptors (Lipinski definition) is 4. The van der Waals surface area contributed by atoms with Crippen LogP contribution in [-0.4, -0.2) is 48.0 Å². The van der Waals surface area contributed by atoms with E-state index >= 15 is 0 Å². The average molecular weight is 453 g/mol. The second-order valence-corrected chi connectivity index (χ2v) is 9.91. The molecule has 1 aliphatic rings. The predicted octanol–water partition coefficient (Wildman–Crippen LogP) is 2.95. The molecule has 0 spiro atoms. The number of piperidine rings is 1. The Hall–Kier alpha value is -2.97. The molecular formula is C24H28N4O3S. The molecule has 168 valence electrons. The Bertz CT molecular complexity index is 1140. The van der Waals surface area contributed by atoms with Crippen molar-refractivity contribution in [1.29, 1.82) is 0 Å². The summed E-state index contributed by atoms with van der Waals surface area (Å²) in [5, 5.41) is 7.45. The predicted molar refractivity (Wildman–Crippen MR) is 123 cm³/mol. The molecule has 3 aromatic rings. The number of benzene rings is 2. The van der Waals surface area contributed by atoms with E-state index in [-0.39, 0.29) is 17.2 Å². The summed E-state index contributed by atoms with van der Waals surface area (Å²) in [6.07, 6.45) is 5.65. The summed E-state index contributed by atoms with van der Waals surface area (Å²) in [7, 11) is -3.45. The summed E-state index contributed by atoms with van der Waals surface area (Å²) in [5.41, 5.74) is 2.68. The molecule has 8 heteroatoms. The molecule has 1 aliphatic heterocycles. The first-order chi connectivity index (χ1) is 15.5. The van der Waals surface area contributed by atoms with Crippen LogP contribution >= 0.6 is 0 Å². The number of carbonyl (C=O) groups excluding carboxylic acids is 1. The zero-order valence-corrected chi connectivity index (χ0v) is 18.8. The van der Waals surface area contributed by atoms with Gasteiger partial charge in [-0.25, -0.2) is 13.1 Å². The number of hydrogen-bond donors (Lipinski definition) is 1. The summed E-state index contributed by atoms with van der Waals surface area (Å²) in [4.78, 5) is 12.6. The van der Waals surface area contributed by atoms with Crippen LogP contribution in [0.2, 0.25) is 0 Å². The highest BCUT2D eigenvalue weighted by Crippen LogP contribution is 2.21. The minimum Gasteiger partial charge on any atom is -0.355 e. The van der Waals surface area contributed by atoms with Crippen molar-refractivity contribution >= 4 is 15.9 Å². The number of carbonyl (C=O) groups is 1. The van der Waals surface area contributed by atoms with Crippen LogP contribution in [0.4, 0.5) is 0 Å². The number of para-hydroxylation sites is 1. The third kappa shape index (κ3) is 5.44. The van der Waals surface area contributed by atoms with E-state index in [1.54, 1.807) is 28.6 Å². The molecule has 1 fully saturated rings. The number of amides is 1. The van der Waals surface area contributed by atoms with Crippen molar-refractivity contribution in [2.24, 2.45) is 0 Å². The van der Waals surface area contributed by atoms with E-state index in [4.69, 9.17) is 0 Å². The van der Waals surface area contributed by atoms with Crippen molar-refractivity contribution in [3.63, 3.8) is 0 Å². The van der Waals surface area contributed by atoms with Gasteiger partial charge in [-0.05, 0) is 48.7 Å². The van der Waals surface area contributed by atoms with Crippen molar-refractivity contribution < 1.29 is 13.2 Å². The summed E-state index contributed by atoms with van der Waals surface area (Å²) < 4.78 is 28.8. The maximum atomic E-state index is 12.7. The van der Waals surface area contributed by atoms with Crippen LogP contribution in [-0.2, 0) is 27.7 Å². The van der Waals surface area contributed by atoms with Crippen molar-refractivity contribution in [2.75, 3.05) is 19.6 Å². The third-order valence-electron chi connectivity index (χ3n) is 5.61. The fourth-order valence-corrected chi connectivity index (χ4v) is 5.35. The zero-order chi connectivity index (χ0) is 22.4. The lowest BCUT2D eigenvalue weighted by atomic mass is 10.1. The van der Waals surface area contributed by atoms with Gasteiger partial charge in [-0.3, -0.25) is 4.79 Å². The van der Waals surface area contributed by atoms with Crippen LogP contribution in [0.25, 0.3) is 5.69 Å². The molecule has 32 heavy (non-hydrogen) atoms. The maximum Gasteiger partial charge on any atom is 0.243 e. The molecule has 0 aliphatic carbocycles. The number of sulfonamides is 1. The number of rotatable bonds is 8. The Kier molecular flexibility index (Phi) is 7.02. The van der Waals surface area contributed by atoms with Crippen molar-refractivity contribution in [3.8, 4) is 5.69 Å². The molecule has 2 heterocycles. The molecule has 1 saturated heterocycles. The largest absolute Gasteiger partial charge is 0.355 e. The SMILES string of the molecule is O=C(Cc1ccc(S(=O)(=O)N2CCCCC2)cc1)NCCc1ccn(-c2ccccc2)n1. The van der Waals surface area contributed by atoms with Crippen molar-refractivity contribution in [2.45, 2.75) is 37.0 Å². The number of nitrogens with zero attached hydrogens (tertiary/aromatic N) is 3. The van der Waals surface area contributed by atoms with Gasteiger partial charge in [-0.1, -0.05) is 36.8 Å². The average Bonchev–Trinajstić information content (AvgIpc) is 3.29. The third-order valence-corrected chi connectivity index (χ3v) is 7.52. The van der Waals surface area contributed by atoms with Crippen LogP contribution in [0.5, 0.6) is 0 Å². The van der Waals surface area contributed by atoms with E-state index in [9.17, 15) is 13.2 Å². The van der Waals surface area contributed by atoms with Gasteiger partial charge in [-0.2, -0.15) is 9.40 Å². The number of aromatic nitrogens is 2. The van der Waals surface area contributed by atoms with Gasteiger partial charge in [0.1, 0.15) is 0 Å². The normalized spacial score (nSPS) is 14.9. The molecule has 0 saturated carbocycles. The summed E-state index contributed by atoms with van der Waals surface area (Å²) in [6.45, 7) is 1.65. The Morgan fingerprint density at radius 2 is 1.66 bits per heavy atom. The van der Waals surface area contributed by atoms with Gasteiger partial charge in [0.25, 0.3) is 0 Å². The molecule has 0 unspecified atom stereocenters. The molecule has 7 nitrogen and oxygen atoms in total. The van der Waals surface area contributed by atoms with Gasteiger partial charge in [-0.15, -0.1) is 0 Å². The topological polar surface area (TPSA) is 84.3 Å². The minimum absolute atomic E-state index is 0.0980. The first-order valence-electron chi connectivity index (χ1n) is 11.0. The lowest BCUT2D eigenvalue weighted by Gasteiger charge is -2.25. The Balaban J connectivity index is 1.26. The maximum absolute atomic E-state index is 12.7. The standard InChI is InChI=1S/C24H28N4O3S/c29-24(25-15-13-21-14-18-28(26-21)22-7-3-1-4-8-22)19-20-9-11-23(12-10-20)32(30,31)27-16-5-2-6-17-27/h1,3-4,7-12,14,18H,2,5-6,13,15-17,19H2,(H,25,29). The monoisotopic (exact) mass is 452 g/mol. The molecule has 0 bridgehead atoms. The quantitative estimate of drug-likeness (QED) is 0.570. The van der Waals surface area contributed by atoms with Crippen LogP contribution in [0.1, 0.15) is 30.5 Å². The van der Waals surface area contributed by atoms with Crippen molar-refractivity contribution in [1.82, 2.24) is 19.4 Å². The van der Waals surface area contributed by atoms with Crippen LogP contribution in [0, 0.1) is 0 Å². The Morgan fingerprint density at radius 3 is 2.38 bits per heavy atom. The summed E-state index contributed by atoms with van der Waals surface area (Å²) in [6, 6.07) is 18.5. The van der Waals surface area contributed by atoms with Gasteiger partial charge in [0.15, 0.2) is 0 Å². The fraction of sp³-hybridized carbons (Fsp3) is 0.333. The highest BCUT2D eigenvalue weighted by Gasteiger charge is 2.25. The van der Waals surface area contributed by atoms with E-state index in [0.717, 1.165) is 36.2 Å². The van der Waals surface area contributed by atoms with Gasteiger partial charge >= 0.3 is 0 Å². The van der Waals surface area contributed by atoms with E-state index < -0.39 is 10.0 Å². The number of nitrogens with one attached hydrogen (secondary N) is 1. The van der Waals surface area contributed by atoms with E-state index in [1.807, 2.05) is 47.3 Å². The van der Waals surface area contributed by atoms with Crippen LogP contribution in [0.15, 0.2) is 71.8 Å². The van der Waals surface area contributed by atoms with E-state index in [1.165, 1.54) is 0 Å². The van der Waals surface area contributed by atoms with E-state index in [2.05, 4.69) is 10.4 Å². The van der Waals surface area contributed by atoms with Crippen LogP contribution in [0.3, 0.4) is 0 Å². The molecule has 1 amide bonds. The van der Waals surface area contributed by atoms with Gasteiger partial charge in [0.2, 0.25) is 15.9 Å². The van der Waals surface area contributed by atoms with Crippen molar-refractivity contribution in [3.05, 3.63) is 78.1 Å². The zero-order valence-electron chi connectivity index (χ0n) is 18.0. The van der Waals surface area contributed by atoms with Gasteiger partial charge in [0, 0.05) is 32.3 Å². The summed E-state index contributed by atoms with van der Waals surface area (Å²) >= 11 is 0. The molecule has 0 radical (unpaired) electrons.